The Bertz CT molecular complexity index is 1350. The zero-order valence-corrected chi connectivity index (χ0v) is 19.7. The zero-order valence-electron chi connectivity index (χ0n) is 18.1. The number of hydrogen-bond acceptors (Lipinski definition) is 7. The van der Waals surface area contributed by atoms with Crippen molar-refractivity contribution in [2.45, 2.75) is 13.0 Å². The molecular formula is C23H20ClN5O4S. The molecule has 0 unspecified atom stereocenters. The van der Waals surface area contributed by atoms with Gasteiger partial charge in [0, 0.05) is 43.7 Å². The molecule has 9 nitrogen and oxygen atoms in total. The van der Waals surface area contributed by atoms with E-state index in [1.807, 2.05) is 10.8 Å². The van der Waals surface area contributed by atoms with Crippen LogP contribution in [0.2, 0.25) is 5.02 Å². The first kappa shape index (κ1) is 23.4. The second-order valence-corrected chi connectivity index (χ2v) is 8.64. The second kappa shape index (κ2) is 10.4. The molecule has 0 atom stereocenters. The summed E-state index contributed by atoms with van der Waals surface area (Å²) in [4.78, 5) is 34.1. The molecule has 11 heteroatoms. The normalized spacial score (nSPS) is 11.2. The summed E-state index contributed by atoms with van der Waals surface area (Å²) in [6, 6.07) is 9.56. The third-order valence-electron chi connectivity index (χ3n) is 5.02. The van der Waals surface area contributed by atoms with Crippen molar-refractivity contribution >= 4 is 56.0 Å². The van der Waals surface area contributed by atoms with Gasteiger partial charge in [-0.3, -0.25) is 19.8 Å². The lowest BCUT2D eigenvalue weighted by molar-refractivity contribution is -0.384. The van der Waals surface area contributed by atoms with Crippen LogP contribution in [0.5, 0.6) is 5.75 Å². The Labute approximate surface area is 204 Å². The number of carbonyl (C=O) groups excluding carboxylic acids is 1. The average molecular weight is 498 g/mol. The summed E-state index contributed by atoms with van der Waals surface area (Å²) in [5.41, 5.74) is 1.10. The van der Waals surface area contributed by atoms with E-state index in [0.717, 1.165) is 4.70 Å². The van der Waals surface area contributed by atoms with Crippen LogP contribution in [0.15, 0.2) is 61.2 Å². The maximum Gasteiger partial charge on any atom is 0.270 e. The maximum atomic E-state index is 13.2. The van der Waals surface area contributed by atoms with Gasteiger partial charge in [0.25, 0.3) is 11.6 Å². The molecule has 2 aromatic heterocycles. The summed E-state index contributed by atoms with van der Waals surface area (Å²) in [7, 11) is 1.55. The number of carbonyl (C=O) groups is 1. The molecule has 4 rings (SSSR count). The molecule has 1 amide bonds. The number of halogens is 1. The van der Waals surface area contributed by atoms with Gasteiger partial charge < -0.3 is 9.30 Å². The van der Waals surface area contributed by atoms with Gasteiger partial charge in [0.15, 0.2) is 5.13 Å². The van der Waals surface area contributed by atoms with E-state index in [9.17, 15) is 14.9 Å². The van der Waals surface area contributed by atoms with Crippen LogP contribution in [0.4, 0.5) is 10.8 Å². The highest BCUT2D eigenvalue weighted by Crippen LogP contribution is 2.38. The van der Waals surface area contributed by atoms with Crippen LogP contribution in [0, 0.1) is 10.1 Å². The first-order valence-electron chi connectivity index (χ1n) is 10.3. The summed E-state index contributed by atoms with van der Waals surface area (Å²) < 4.78 is 8.06. The number of imidazole rings is 1. The molecule has 0 spiro atoms. The molecule has 0 bridgehead atoms. The van der Waals surface area contributed by atoms with E-state index in [4.69, 9.17) is 16.3 Å². The van der Waals surface area contributed by atoms with Crippen LogP contribution in [0.1, 0.15) is 12.0 Å². The topological polar surface area (TPSA) is 103 Å². The van der Waals surface area contributed by atoms with E-state index < -0.39 is 4.92 Å². The van der Waals surface area contributed by atoms with Gasteiger partial charge in [-0.25, -0.2) is 9.97 Å². The molecule has 0 aliphatic carbocycles. The highest BCUT2D eigenvalue weighted by Gasteiger charge is 2.20. The minimum absolute atomic E-state index is 0.0419. The van der Waals surface area contributed by atoms with Crippen molar-refractivity contribution < 1.29 is 14.5 Å². The highest BCUT2D eigenvalue weighted by atomic mass is 35.5. The Morgan fingerprint density at radius 3 is 2.94 bits per heavy atom. The minimum atomic E-state index is -0.472. The molecule has 0 saturated carbocycles. The summed E-state index contributed by atoms with van der Waals surface area (Å²) in [6.07, 6.45) is 8.88. The monoisotopic (exact) mass is 497 g/mol. The number of aromatic nitrogens is 3. The maximum absolute atomic E-state index is 13.2. The number of nitrogens with zero attached hydrogens (tertiary/aromatic N) is 5. The van der Waals surface area contributed by atoms with Crippen LogP contribution in [-0.2, 0) is 11.3 Å². The van der Waals surface area contributed by atoms with Crippen LogP contribution in [0.3, 0.4) is 0 Å². The molecule has 4 aromatic rings. The predicted molar refractivity (Wildman–Crippen MR) is 133 cm³/mol. The average Bonchev–Trinajstić information content (AvgIpc) is 3.51. The van der Waals surface area contributed by atoms with E-state index in [-0.39, 0.29) is 11.6 Å². The van der Waals surface area contributed by atoms with E-state index in [1.54, 1.807) is 54.9 Å². The molecule has 0 aliphatic rings. The molecule has 0 fully saturated rings. The van der Waals surface area contributed by atoms with Crippen molar-refractivity contribution in [1.82, 2.24) is 14.5 Å². The van der Waals surface area contributed by atoms with E-state index in [1.165, 1.54) is 29.5 Å². The number of methoxy groups -OCH3 is 1. The highest BCUT2D eigenvalue weighted by molar-refractivity contribution is 7.23. The molecule has 0 radical (unpaired) electrons. The number of amides is 1. The molecule has 0 saturated heterocycles. The van der Waals surface area contributed by atoms with Gasteiger partial charge in [-0.15, -0.1) is 0 Å². The van der Waals surface area contributed by atoms with Gasteiger partial charge in [-0.2, -0.15) is 0 Å². The summed E-state index contributed by atoms with van der Waals surface area (Å²) >= 11 is 7.67. The largest absolute Gasteiger partial charge is 0.494 e. The van der Waals surface area contributed by atoms with Gasteiger partial charge in [0.1, 0.15) is 11.3 Å². The summed E-state index contributed by atoms with van der Waals surface area (Å²) in [5, 5.41) is 12.0. The van der Waals surface area contributed by atoms with Crippen molar-refractivity contribution in [3.63, 3.8) is 0 Å². The zero-order chi connectivity index (χ0) is 24.1. The molecule has 2 aromatic carbocycles. The number of ether oxygens (including phenoxy) is 1. The lowest BCUT2D eigenvalue weighted by atomic mass is 10.2. The van der Waals surface area contributed by atoms with Crippen molar-refractivity contribution in [1.29, 1.82) is 0 Å². The number of hydrogen-bond donors (Lipinski definition) is 0. The van der Waals surface area contributed by atoms with Crippen LogP contribution >= 0.6 is 22.9 Å². The Morgan fingerprint density at radius 2 is 2.21 bits per heavy atom. The third-order valence-corrected chi connectivity index (χ3v) is 6.56. The van der Waals surface area contributed by atoms with E-state index in [2.05, 4.69) is 9.97 Å². The number of non-ortho nitro benzene ring substituents is 1. The fraction of sp³-hybridized carbons (Fsp3) is 0.174. The SMILES string of the molecule is COc1ccc(Cl)c2sc(N(CCCn3ccnc3)C(=O)/C=C/c3cccc([N+](=O)[O-])c3)nc12. The predicted octanol–water partition coefficient (Wildman–Crippen LogP) is 5.20. The number of benzene rings is 2. The number of nitro groups is 1. The number of rotatable bonds is 9. The van der Waals surface area contributed by atoms with Crippen LogP contribution < -0.4 is 9.64 Å². The molecule has 174 valence electrons. The summed E-state index contributed by atoms with van der Waals surface area (Å²) in [5.74, 6) is 0.270. The standard InChI is InChI=1S/C23H20ClN5O4S/c1-33-19-8-7-18(24)22-21(19)26-23(34-22)28(12-3-11-27-13-10-25-15-27)20(30)9-6-16-4-2-5-17(14-16)29(31)32/h2,4-10,13-15H,3,11-12H2,1H3/b9-6+. The van der Waals surface area contributed by atoms with Crippen LogP contribution in [0.25, 0.3) is 16.3 Å². The Balaban J connectivity index is 1.63. The third kappa shape index (κ3) is 5.24. The van der Waals surface area contributed by atoms with E-state index in [0.29, 0.717) is 46.5 Å². The fourth-order valence-corrected chi connectivity index (χ4v) is 4.64. The lowest BCUT2D eigenvalue weighted by Crippen LogP contribution is -2.30. The first-order valence-corrected chi connectivity index (χ1v) is 11.5. The smallest absolute Gasteiger partial charge is 0.270 e. The first-order chi connectivity index (χ1) is 16.5. The van der Waals surface area contributed by atoms with Gasteiger partial charge in [0.2, 0.25) is 0 Å². The van der Waals surface area contributed by atoms with Gasteiger partial charge in [0.05, 0.1) is 28.1 Å². The number of thiazole rings is 1. The fourth-order valence-electron chi connectivity index (χ4n) is 3.35. The molecular weight excluding hydrogens is 478 g/mol. The quantitative estimate of drug-likeness (QED) is 0.179. The number of fused-ring (bicyclic) bond motifs is 1. The number of nitro benzene ring substituents is 1. The van der Waals surface area contributed by atoms with E-state index >= 15 is 0 Å². The molecule has 0 N–H and O–H groups in total. The molecule has 34 heavy (non-hydrogen) atoms. The van der Waals surface area contributed by atoms with Gasteiger partial charge >= 0.3 is 0 Å². The van der Waals surface area contributed by atoms with Crippen LogP contribution in [-0.4, -0.2) is 39.0 Å². The second-order valence-electron chi connectivity index (χ2n) is 7.25. The van der Waals surface area contributed by atoms with Gasteiger partial charge in [-0.1, -0.05) is 35.1 Å². The summed E-state index contributed by atoms with van der Waals surface area (Å²) in [6.45, 7) is 1.07. The molecule has 0 aliphatic heterocycles. The lowest BCUT2D eigenvalue weighted by Gasteiger charge is -2.18. The van der Waals surface area contributed by atoms with Crippen molar-refractivity contribution in [3.05, 3.63) is 81.9 Å². The Hall–Kier alpha value is -3.76. The molecule has 2 heterocycles. The Kier molecular flexibility index (Phi) is 7.19. The van der Waals surface area contributed by atoms with Crippen molar-refractivity contribution in [2.24, 2.45) is 0 Å². The Morgan fingerprint density at radius 1 is 1.35 bits per heavy atom. The van der Waals surface area contributed by atoms with Crippen molar-refractivity contribution in [2.75, 3.05) is 18.6 Å². The number of anilines is 1. The number of aryl methyl sites for hydroxylation is 1. The van der Waals surface area contributed by atoms with Gasteiger partial charge in [-0.05, 0) is 30.2 Å². The van der Waals surface area contributed by atoms with Crippen molar-refractivity contribution in [3.8, 4) is 5.75 Å². The minimum Gasteiger partial charge on any atom is -0.494 e.